The van der Waals surface area contributed by atoms with Gasteiger partial charge in [-0.05, 0) is 6.42 Å². The lowest BCUT2D eigenvalue weighted by Crippen LogP contribution is -2.05. The predicted octanol–water partition coefficient (Wildman–Crippen LogP) is 2.67. The van der Waals surface area contributed by atoms with Crippen molar-refractivity contribution in [3.8, 4) is 0 Å². The number of hydrogen-bond acceptors (Lipinski definition) is 2. The minimum Gasteiger partial charge on any atom is -0.466 e. The van der Waals surface area contributed by atoms with Crippen LogP contribution in [0.5, 0.6) is 0 Å². The summed E-state index contributed by atoms with van der Waals surface area (Å²) in [6.07, 6.45) is 5.15. The number of alkyl halides is 1. The molecule has 0 aromatic heterocycles. The van der Waals surface area contributed by atoms with Crippen LogP contribution in [0.15, 0.2) is 11.6 Å². The maximum atomic E-state index is 11.0. The lowest BCUT2D eigenvalue weighted by molar-refractivity contribution is -0.135. The second-order valence-electron chi connectivity index (χ2n) is 2.50. The smallest absolute Gasteiger partial charge is 0.334 e. The molecule has 0 aliphatic rings. The molecule has 0 fully saturated rings. The molecule has 0 bridgehead atoms. The Morgan fingerprint density at radius 2 is 2.25 bits per heavy atom. The maximum absolute atomic E-state index is 11.0. The zero-order valence-electron chi connectivity index (χ0n) is 7.60. The van der Waals surface area contributed by atoms with Gasteiger partial charge in [0.2, 0.25) is 0 Å². The van der Waals surface area contributed by atoms with E-state index in [0.717, 1.165) is 19.3 Å². The van der Waals surface area contributed by atoms with Crippen LogP contribution in [-0.4, -0.2) is 18.4 Å². The Hall–Kier alpha value is -0.310. The molecule has 0 spiro atoms. The highest BCUT2D eigenvalue weighted by Crippen LogP contribution is 2.06. The number of methoxy groups -OCH3 is 1. The van der Waals surface area contributed by atoms with E-state index < -0.39 is 0 Å². The molecule has 0 N–H and O–H groups in total. The Bertz CT molecular complexity index is 164. The average Bonchev–Trinajstić information content (AvgIpc) is 2.11. The van der Waals surface area contributed by atoms with Crippen molar-refractivity contribution in [2.45, 2.75) is 26.2 Å². The van der Waals surface area contributed by atoms with E-state index in [1.807, 2.05) is 6.08 Å². The van der Waals surface area contributed by atoms with Crippen LogP contribution < -0.4 is 0 Å². The van der Waals surface area contributed by atoms with E-state index in [-0.39, 0.29) is 5.97 Å². The fourth-order valence-corrected chi connectivity index (χ4v) is 1.26. The van der Waals surface area contributed by atoms with Crippen LogP contribution in [0.1, 0.15) is 26.2 Å². The van der Waals surface area contributed by atoms with E-state index >= 15 is 0 Å². The van der Waals surface area contributed by atoms with Crippen LogP contribution in [-0.2, 0) is 9.53 Å². The largest absolute Gasteiger partial charge is 0.466 e. The number of carbonyl (C=O) groups excluding carboxylic acids is 1. The van der Waals surface area contributed by atoms with Crippen molar-refractivity contribution in [1.29, 1.82) is 0 Å². The molecule has 0 saturated carbocycles. The predicted molar refractivity (Wildman–Crippen MR) is 53.4 cm³/mol. The first-order valence-electron chi connectivity index (χ1n) is 4.09. The van der Waals surface area contributed by atoms with Gasteiger partial charge in [0.25, 0.3) is 0 Å². The van der Waals surface area contributed by atoms with Crippen LogP contribution in [0.25, 0.3) is 0 Å². The topological polar surface area (TPSA) is 26.3 Å². The van der Waals surface area contributed by atoms with E-state index in [1.165, 1.54) is 7.11 Å². The molecule has 0 heterocycles. The summed E-state index contributed by atoms with van der Waals surface area (Å²) < 4.78 is 4.60. The maximum Gasteiger partial charge on any atom is 0.334 e. The number of ether oxygens (including phenoxy) is 1. The first-order chi connectivity index (χ1) is 5.76. The second kappa shape index (κ2) is 7.35. The summed E-state index contributed by atoms with van der Waals surface area (Å²) in [6.45, 7) is 2.12. The fraction of sp³-hybridized carbons (Fsp3) is 0.667. The number of carbonyl (C=O) groups is 1. The first-order valence-corrected chi connectivity index (χ1v) is 5.21. The van der Waals surface area contributed by atoms with Crippen LogP contribution in [0, 0.1) is 0 Å². The highest BCUT2D eigenvalue weighted by molar-refractivity contribution is 9.09. The normalized spacial score (nSPS) is 11.4. The SMILES string of the molecule is CCCC/C=C(\CBr)C(=O)OC. The summed E-state index contributed by atoms with van der Waals surface area (Å²) in [6, 6.07) is 0. The van der Waals surface area contributed by atoms with E-state index in [0.29, 0.717) is 10.9 Å². The summed E-state index contributed by atoms with van der Waals surface area (Å²) in [7, 11) is 1.40. The van der Waals surface area contributed by atoms with E-state index in [9.17, 15) is 4.79 Å². The molecule has 12 heavy (non-hydrogen) atoms. The third-order valence-electron chi connectivity index (χ3n) is 1.54. The van der Waals surface area contributed by atoms with Gasteiger partial charge in [0.05, 0.1) is 7.11 Å². The number of allylic oxidation sites excluding steroid dienone is 1. The van der Waals surface area contributed by atoms with E-state index in [2.05, 4.69) is 27.6 Å². The fourth-order valence-electron chi connectivity index (χ4n) is 0.804. The molecule has 0 aromatic carbocycles. The van der Waals surface area contributed by atoms with Crippen molar-refractivity contribution >= 4 is 21.9 Å². The zero-order chi connectivity index (χ0) is 9.40. The molecule has 0 aliphatic carbocycles. The molecule has 0 radical (unpaired) electrons. The lowest BCUT2D eigenvalue weighted by Gasteiger charge is -2.00. The highest BCUT2D eigenvalue weighted by atomic mass is 79.9. The van der Waals surface area contributed by atoms with Crippen LogP contribution in [0.2, 0.25) is 0 Å². The van der Waals surface area contributed by atoms with Crippen molar-refractivity contribution in [3.05, 3.63) is 11.6 Å². The van der Waals surface area contributed by atoms with Crippen LogP contribution in [0.4, 0.5) is 0 Å². The number of esters is 1. The summed E-state index contributed by atoms with van der Waals surface area (Å²) >= 11 is 3.24. The molecule has 3 heteroatoms. The monoisotopic (exact) mass is 234 g/mol. The van der Waals surface area contributed by atoms with Crippen LogP contribution >= 0.6 is 15.9 Å². The van der Waals surface area contributed by atoms with Crippen molar-refractivity contribution in [3.63, 3.8) is 0 Å². The summed E-state index contributed by atoms with van der Waals surface area (Å²) in [5.41, 5.74) is 0.714. The second-order valence-corrected chi connectivity index (χ2v) is 3.06. The van der Waals surface area contributed by atoms with Gasteiger partial charge in [-0.3, -0.25) is 0 Å². The highest BCUT2D eigenvalue weighted by Gasteiger charge is 2.05. The number of unbranched alkanes of at least 4 members (excludes halogenated alkanes) is 2. The van der Waals surface area contributed by atoms with Crippen molar-refractivity contribution < 1.29 is 9.53 Å². The zero-order valence-corrected chi connectivity index (χ0v) is 9.19. The van der Waals surface area contributed by atoms with Gasteiger partial charge in [0.1, 0.15) is 0 Å². The molecule has 0 amide bonds. The molecule has 0 aromatic rings. The Kier molecular flexibility index (Phi) is 7.16. The van der Waals surface area contributed by atoms with Crippen molar-refractivity contribution in [1.82, 2.24) is 0 Å². The summed E-state index contributed by atoms with van der Waals surface area (Å²) in [5, 5.41) is 0.573. The minimum absolute atomic E-state index is 0.233. The van der Waals surface area contributed by atoms with Gasteiger partial charge in [-0.1, -0.05) is 41.8 Å². The molecule has 0 rings (SSSR count). The third kappa shape index (κ3) is 4.54. The molecule has 0 saturated heterocycles. The summed E-state index contributed by atoms with van der Waals surface area (Å²) in [5.74, 6) is -0.233. The van der Waals surface area contributed by atoms with Gasteiger partial charge in [-0.15, -0.1) is 0 Å². The first kappa shape index (κ1) is 11.7. The van der Waals surface area contributed by atoms with Crippen molar-refractivity contribution in [2.24, 2.45) is 0 Å². The quantitative estimate of drug-likeness (QED) is 0.317. The van der Waals surface area contributed by atoms with Crippen LogP contribution in [0.3, 0.4) is 0 Å². The summed E-state index contributed by atoms with van der Waals surface area (Å²) in [4.78, 5) is 11.0. The number of hydrogen-bond donors (Lipinski definition) is 0. The van der Waals surface area contributed by atoms with Gasteiger partial charge in [-0.2, -0.15) is 0 Å². The van der Waals surface area contributed by atoms with Gasteiger partial charge in [0, 0.05) is 10.9 Å². The Balaban J connectivity index is 3.95. The Labute approximate surface area is 82.1 Å². The van der Waals surface area contributed by atoms with Gasteiger partial charge >= 0.3 is 5.97 Å². The van der Waals surface area contributed by atoms with Crippen molar-refractivity contribution in [2.75, 3.05) is 12.4 Å². The lowest BCUT2D eigenvalue weighted by atomic mass is 10.2. The standard InChI is InChI=1S/C9H15BrO2/c1-3-4-5-6-8(7-10)9(11)12-2/h6H,3-5,7H2,1-2H3/b8-6+. The Morgan fingerprint density at radius 3 is 2.67 bits per heavy atom. The minimum atomic E-state index is -0.233. The molecule has 2 nitrogen and oxygen atoms in total. The average molecular weight is 235 g/mol. The Morgan fingerprint density at radius 1 is 1.58 bits per heavy atom. The molecule has 0 aliphatic heterocycles. The molecule has 0 atom stereocenters. The van der Waals surface area contributed by atoms with E-state index in [4.69, 9.17) is 0 Å². The third-order valence-corrected chi connectivity index (χ3v) is 2.14. The molecule has 0 unspecified atom stereocenters. The number of rotatable bonds is 5. The van der Waals surface area contributed by atoms with Gasteiger partial charge in [-0.25, -0.2) is 4.79 Å². The van der Waals surface area contributed by atoms with Gasteiger partial charge < -0.3 is 4.74 Å². The molecular weight excluding hydrogens is 220 g/mol. The van der Waals surface area contributed by atoms with Gasteiger partial charge in [0.15, 0.2) is 0 Å². The van der Waals surface area contributed by atoms with E-state index in [1.54, 1.807) is 0 Å². The molecular formula is C9H15BrO2. The molecule has 70 valence electrons. The number of halogens is 1.